The molecule has 0 radical (unpaired) electrons. The van der Waals surface area contributed by atoms with Crippen molar-refractivity contribution in [1.29, 1.82) is 0 Å². The molecule has 0 saturated carbocycles. The number of aliphatic carboxylic acids is 1. The number of rotatable bonds is 6. The molecular weight excluding hydrogens is 284 g/mol. The van der Waals surface area contributed by atoms with Crippen LogP contribution in [-0.4, -0.2) is 33.7 Å². The van der Waals surface area contributed by atoms with Crippen LogP contribution in [0.4, 0.5) is 5.69 Å². The third-order valence-electron chi connectivity index (χ3n) is 2.53. The first-order valence-electron chi connectivity index (χ1n) is 5.69. The van der Waals surface area contributed by atoms with Crippen LogP contribution in [0.1, 0.15) is 12.5 Å². The van der Waals surface area contributed by atoms with Crippen LogP contribution < -0.4 is 5.32 Å². The lowest BCUT2D eigenvalue weighted by atomic mass is 10.2. The van der Waals surface area contributed by atoms with Crippen LogP contribution in [0.25, 0.3) is 0 Å². The number of amides is 1. The summed E-state index contributed by atoms with van der Waals surface area (Å²) in [6, 6.07) is 3.58. The Labute approximate surface area is 119 Å². The summed E-state index contributed by atoms with van der Waals surface area (Å²) in [5.41, 5.74) is 0.468. The van der Waals surface area contributed by atoms with Gasteiger partial charge < -0.3 is 10.4 Å². The fourth-order valence-electron chi connectivity index (χ4n) is 1.55. The highest BCUT2D eigenvalue weighted by molar-refractivity contribution is 7.99. The van der Waals surface area contributed by atoms with Gasteiger partial charge in [-0.25, -0.2) is 4.79 Å². The second kappa shape index (κ2) is 6.90. The van der Waals surface area contributed by atoms with Crippen LogP contribution in [-0.2, 0) is 9.59 Å². The van der Waals surface area contributed by atoms with Gasteiger partial charge in [-0.3, -0.25) is 14.9 Å². The normalized spacial score (nSPS) is 11.7. The number of nitrogens with zero attached hydrogens (tertiary/aromatic N) is 1. The van der Waals surface area contributed by atoms with Crippen LogP contribution in [0.3, 0.4) is 0 Å². The van der Waals surface area contributed by atoms with E-state index in [1.807, 2.05) is 0 Å². The highest BCUT2D eigenvalue weighted by atomic mass is 32.2. The summed E-state index contributed by atoms with van der Waals surface area (Å²) in [6.07, 6.45) is 0. The Bertz CT molecular complexity index is 547. The summed E-state index contributed by atoms with van der Waals surface area (Å²) >= 11 is 1.16. The second-order valence-corrected chi connectivity index (χ2v) is 5.12. The number of benzene rings is 1. The molecule has 108 valence electrons. The topological polar surface area (TPSA) is 110 Å². The van der Waals surface area contributed by atoms with E-state index >= 15 is 0 Å². The van der Waals surface area contributed by atoms with E-state index < -0.39 is 22.8 Å². The number of nitro benzene ring substituents is 1. The molecule has 1 aromatic rings. The number of nitro groups is 1. The summed E-state index contributed by atoms with van der Waals surface area (Å²) in [4.78, 5) is 32.8. The third kappa shape index (κ3) is 4.23. The molecule has 0 unspecified atom stereocenters. The number of hydrogen-bond acceptors (Lipinski definition) is 5. The Morgan fingerprint density at radius 2 is 2.15 bits per heavy atom. The fourth-order valence-corrected chi connectivity index (χ4v) is 2.62. The van der Waals surface area contributed by atoms with E-state index in [1.165, 1.54) is 13.0 Å². The first-order valence-corrected chi connectivity index (χ1v) is 6.68. The van der Waals surface area contributed by atoms with Crippen molar-refractivity contribution in [2.75, 3.05) is 5.75 Å². The Balaban J connectivity index is 2.83. The van der Waals surface area contributed by atoms with Gasteiger partial charge in [0.25, 0.3) is 5.69 Å². The Kier molecular flexibility index (Phi) is 5.51. The molecule has 1 amide bonds. The van der Waals surface area contributed by atoms with Crippen molar-refractivity contribution in [2.24, 2.45) is 0 Å². The molecule has 0 aliphatic heterocycles. The average Bonchev–Trinajstić information content (AvgIpc) is 2.34. The number of nitrogens with one attached hydrogen (secondary N) is 1. The van der Waals surface area contributed by atoms with Gasteiger partial charge in [0, 0.05) is 29.2 Å². The van der Waals surface area contributed by atoms with Gasteiger partial charge in [-0.05, 0) is 13.0 Å². The summed E-state index contributed by atoms with van der Waals surface area (Å²) in [6.45, 7) is 2.84. The van der Waals surface area contributed by atoms with E-state index in [0.29, 0.717) is 10.5 Å². The number of thioether (sulfide) groups is 1. The average molecular weight is 298 g/mol. The molecule has 20 heavy (non-hydrogen) atoms. The first-order chi connectivity index (χ1) is 9.32. The summed E-state index contributed by atoms with van der Waals surface area (Å²) in [5, 5.41) is 22.1. The predicted molar refractivity (Wildman–Crippen MR) is 73.8 cm³/mol. The van der Waals surface area contributed by atoms with E-state index in [4.69, 9.17) is 5.11 Å². The van der Waals surface area contributed by atoms with Crippen LogP contribution >= 0.6 is 11.8 Å². The van der Waals surface area contributed by atoms with Crippen LogP contribution in [0.15, 0.2) is 23.1 Å². The number of carbonyl (C=O) groups is 2. The quantitative estimate of drug-likeness (QED) is 0.469. The minimum atomic E-state index is -1.14. The highest BCUT2D eigenvalue weighted by Crippen LogP contribution is 2.29. The minimum absolute atomic E-state index is 0.0126. The van der Waals surface area contributed by atoms with Gasteiger partial charge in [-0.2, -0.15) is 0 Å². The third-order valence-corrected chi connectivity index (χ3v) is 3.79. The van der Waals surface area contributed by atoms with Crippen LogP contribution in [0, 0.1) is 17.0 Å². The molecule has 8 heteroatoms. The molecule has 0 fully saturated rings. The number of carboxylic acid groups (broad SMARTS) is 1. The van der Waals surface area contributed by atoms with Gasteiger partial charge in [0.2, 0.25) is 5.91 Å². The number of carboxylic acids is 1. The van der Waals surface area contributed by atoms with E-state index in [2.05, 4.69) is 5.32 Å². The van der Waals surface area contributed by atoms with Crippen molar-refractivity contribution in [3.05, 3.63) is 33.9 Å². The zero-order valence-electron chi connectivity index (χ0n) is 11.0. The largest absolute Gasteiger partial charge is 0.480 e. The molecule has 0 aliphatic rings. The monoisotopic (exact) mass is 298 g/mol. The Morgan fingerprint density at radius 1 is 1.50 bits per heavy atom. The van der Waals surface area contributed by atoms with Gasteiger partial charge >= 0.3 is 5.97 Å². The number of carbonyl (C=O) groups excluding carboxylic acids is 1. The van der Waals surface area contributed by atoms with Gasteiger partial charge in [-0.1, -0.05) is 6.07 Å². The van der Waals surface area contributed by atoms with E-state index in [0.717, 1.165) is 11.8 Å². The van der Waals surface area contributed by atoms with Gasteiger partial charge in [0.05, 0.1) is 4.92 Å². The highest BCUT2D eigenvalue weighted by Gasteiger charge is 2.20. The summed E-state index contributed by atoms with van der Waals surface area (Å²) in [7, 11) is 0. The van der Waals surface area contributed by atoms with Crippen molar-refractivity contribution in [1.82, 2.24) is 5.32 Å². The summed E-state index contributed by atoms with van der Waals surface area (Å²) in [5.74, 6) is -1.48. The van der Waals surface area contributed by atoms with Crippen molar-refractivity contribution >= 4 is 29.3 Å². The Hall–Kier alpha value is -2.09. The standard InChI is InChI=1S/C12H14N2O5S/c1-7-10(14(18)19)4-3-5-11(7)20-6-9(12(16)17)13-8(2)15/h3-5,9H,6H2,1-2H3,(H,13,15)(H,16,17)/t9-/m0/s1. The first kappa shape index (κ1) is 16.0. The van der Waals surface area contributed by atoms with Gasteiger partial charge in [0.15, 0.2) is 0 Å². The molecule has 1 atom stereocenters. The second-order valence-electron chi connectivity index (χ2n) is 4.06. The molecule has 2 N–H and O–H groups in total. The molecule has 0 saturated heterocycles. The zero-order valence-corrected chi connectivity index (χ0v) is 11.8. The maximum absolute atomic E-state index is 11.0. The molecule has 0 aromatic heterocycles. The van der Waals surface area contributed by atoms with Crippen molar-refractivity contribution in [3.63, 3.8) is 0 Å². The van der Waals surface area contributed by atoms with Crippen LogP contribution in [0.5, 0.6) is 0 Å². The smallest absolute Gasteiger partial charge is 0.327 e. The van der Waals surface area contributed by atoms with Crippen molar-refractivity contribution < 1.29 is 19.6 Å². The molecular formula is C12H14N2O5S. The van der Waals surface area contributed by atoms with Gasteiger partial charge in [0.1, 0.15) is 6.04 Å². The summed E-state index contributed by atoms with van der Waals surface area (Å²) < 4.78 is 0. The SMILES string of the molecule is CC(=O)N[C@@H](CSc1cccc([N+](=O)[O-])c1C)C(=O)O. The maximum Gasteiger partial charge on any atom is 0.327 e. The molecule has 0 heterocycles. The molecule has 0 aliphatic carbocycles. The molecule has 0 bridgehead atoms. The molecule has 0 spiro atoms. The van der Waals surface area contributed by atoms with E-state index in [1.54, 1.807) is 19.1 Å². The zero-order chi connectivity index (χ0) is 15.3. The van der Waals surface area contributed by atoms with Gasteiger partial charge in [-0.15, -0.1) is 11.8 Å². The molecule has 1 aromatic carbocycles. The molecule has 1 rings (SSSR count). The van der Waals surface area contributed by atoms with Crippen LogP contribution in [0.2, 0.25) is 0 Å². The van der Waals surface area contributed by atoms with Crippen molar-refractivity contribution in [2.45, 2.75) is 24.8 Å². The van der Waals surface area contributed by atoms with Crippen molar-refractivity contribution in [3.8, 4) is 0 Å². The lowest BCUT2D eigenvalue weighted by Crippen LogP contribution is -2.41. The predicted octanol–water partition coefficient (Wildman–Crippen LogP) is 1.58. The Morgan fingerprint density at radius 3 is 2.65 bits per heavy atom. The van der Waals surface area contributed by atoms with E-state index in [-0.39, 0.29) is 11.4 Å². The fraction of sp³-hybridized carbons (Fsp3) is 0.333. The molecule has 7 nitrogen and oxygen atoms in total. The van der Waals surface area contributed by atoms with E-state index in [9.17, 15) is 19.7 Å². The lowest BCUT2D eigenvalue weighted by Gasteiger charge is -2.13. The lowest BCUT2D eigenvalue weighted by molar-refractivity contribution is -0.385. The maximum atomic E-state index is 11.0. The number of hydrogen-bond donors (Lipinski definition) is 2. The minimum Gasteiger partial charge on any atom is -0.480 e.